The maximum absolute atomic E-state index is 13.3. The number of rotatable bonds is 5. The fourth-order valence-electron chi connectivity index (χ4n) is 3.55. The van der Waals surface area contributed by atoms with Gasteiger partial charge in [-0.3, -0.25) is 4.79 Å². The molecule has 1 aliphatic rings. The first-order chi connectivity index (χ1) is 15.1. The van der Waals surface area contributed by atoms with Crippen LogP contribution in [0.4, 0.5) is 16.2 Å². The van der Waals surface area contributed by atoms with Gasteiger partial charge in [-0.1, -0.05) is 41.6 Å². The van der Waals surface area contributed by atoms with Gasteiger partial charge in [0.1, 0.15) is 5.69 Å². The number of amides is 3. The van der Waals surface area contributed by atoms with E-state index in [2.05, 4.69) is 20.8 Å². The summed E-state index contributed by atoms with van der Waals surface area (Å²) in [6.45, 7) is 0. The standard InChI is InChI=1S/C23H19N5O3/c24-23(30)26-16-8-4-7-15(11-16)25-21(29)17-12-18(13-9-10-13)27-22-19(17)20(28-31-22)14-5-2-1-3-6-14/h1-8,11-13H,9-10H2,(H,25,29)(H3,24,26,30). The topological polar surface area (TPSA) is 123 Å². The molecule has 2 aromatic carbocycles. The summed E-state index contributed by atoms with van der Waals surface area (Å²) in [5, 5.41) is 10.2. The number of hydrogen-bond acceptors (Lipinski definition) is 5. The van der Waals surface area contributed by atoms with Crippen molar-refractivity contribution in [2.24, 2.45) is 5.73 Å². The Hall–Kier alpha value is -4.20. The second-order valence-electron chi connectivity index (χ2n) is 7.47. The highest BCUT2D eigenvalue weighted by molar-refractivity contribution is 6.14. The van der Waals surface area contributed by atoms with Crippen LogP contribution < -0.4 is 16.4 Å². The van der Waals surface area contributed by atoms with E-state index in [4.69, 9.17) is 10.3 Å². The van der Waals surface area contributed by atoms with Crippen molar-refractivity contribution in [2.45, 2.75) is 18.8 Å². The number of pyridine rings is 1. The highest BCUT2D eigenvalue weighted by atomic mass is 16.5. The second kappa shape index (κ2) is 7.56. The van der Waals surface area contributed by atoms with Crippen molar-refractivity contribution in [3.05, 3.63) is 71.9 Å². The molecule has 5 rings (SSSR count). The summed E-state index contributed by atoms with van der Waals surface area (Å²) in [6, 6.07) is 17.4. The first-order valence-corrected chi connectivity index (χ1v) is 9.92. The van der Waals surface area contributed by atoms with Crippen LogP contribution in [-0.2, 0) is 0 Å². The van der Waals surface area contributed by atoms with Crippen LogP contribution >= 0.6 is 0 Å². The van der Waals surface area contributed by atoms with Gasteiger partial charge < -0.3 is 20.9 Å². The lowest BCUT2D eigenvalue weighted by atomic mass is 10.0. The zero-order valence-electron chi connectivity index (χ0n) is 16.5. The number of anilines is 2. The molecule has 154 valence electrons. The highest BCUT2D eigenvalue weighted by Gasteiger charge is 2.29. The van der Waals surface area contributed by atoms with Crippen molar-refractivity contribution < 1.29 is 14.1 Å². The second-order valence-corrected chi connectivity index (χ2v) is 7.47. The van der Waals surface area contributed by atoms with Crippen molar-refractivity contribution in [3.63, 3.8) is 0 Å². The molecule has 0 aliphatic heterocycles. The zero-order valence-corrected chi connectivity index (χ0v) is 16.5. The molecular weight excluding hydrogens is 394 g/mol. The predicted molar refractivity (Wildman–Crippen MR) is 117 cm³/mol. The van der Waals surface area contributed by atoms with Crippen molar-refractivity contribution in [2.75, 3.05) is 10.6 Å². The van der Waals surface area contributed by atoms with Gasteiger partial charge in [0.05, 0.1) is 10.9 Å². The summed E-state index contributed by atoms with van der Waals surface area (Å²) < 4.78 is 5.52. The molecular formula is C23H19N5O3. The van der Waals surface area contributed by atoms with Crippen LogP contribution in [0.5, 0.6) is 0 Å². The number of nitrogens with zero attached hydrogens (tertiary/aromatic N) is 2. The molecule has 4 aromatic rings. The van der Waals surface area contributed by atoms with Gasteiger partial charge in [-0.15, -0.1) is 0 Å². The van der Waals surface area contributed by atoms with E-state index in [-0.39, 0.29) is 5.91 Å². The Morgan fingerprint density at radius 3 is 2.42 bits per heavy atom. The first kappa shape index (κ1) is 18.8. The maximum Gasteiger partial charge on any atom is 0.316 e. The Morgan fingerprint density at radius 2 is 1.71 bits per heavy atom. The summed E-state index contributed by atoms with van der Waals surface area (Å²) in [5.41, 5.74) is 9.21. The summed E-state index contributed by atoms with van der Waals surface area (Å²) in [7, 11) is 0. The minimum absolute atomic E-state index is 0.314. The number of benzene rings is 2. The third kappa shape index (κ3) is 3.83. The molecule has 1 fully saturated rings. The van der Waals surface area contributed by atoms with E-state index in [1.807, 2.05) is 36.4 Å². The third-order valence-electron chi connectivity index (χ3n) is 5.14. The summed E-state index contributed by atoms with van der Waals surface area (Å²) in [4.78, 5) is 29.0. The largest absolute Gasteiger partial charge is 0.351 e. The van der Waals surface area contributed by atoms with Gasteiger partial charge in [-0.2, -0.15) is 0 Å². The van der Waals surface area contributed by atoms with Gasteiger partial charge >= 0.3 is 6.03 Å². The molecule has 2 aromatic heterocycles. The number of carbonyl (C=O) groups is 2. The molecule has 0 radical (unpaired) electrons. The minimum atomic E-state index is -0.676. The molecule has 3 amide bonds. The number of nitrogens with one attached hydrogen (secondary N) is 2. The number of nitrogens with two attached hydrogens (primary N) is 1. The van der Waals surface area contributed by atoms with E-state index in [1.54, 1.807) is 24.3 Å². The quantitative estimate of drug-likeness (QED) is 0.444. The van der Waals surface area contributed by atoms with Crippen molar-refractivity contribution in [3.8, 4) is 11.3 Å². The molecule has 0 bridgehead atoms. The van der Waals surface area contributed by atoms with Crippen molar-refractivity contribution >= 4 is 34.4 Å². The summed E-state index contributed by atoms with van der Waals surface area (Å²) in [6.07, 6.45) is 2.08. The summed E-state index contributed by atoms with van der Waals surface area (Å²) in [5.74, 6) is 0.0234. The van der Waals surface area contributed by atoms with E-state index in [1.165, 1.54) is 0 Å². The van der Waals surface area contributed by atoms with Crippen LogP contribution in [0.1, 0.15) is 34.8 Å². The predicted octanol–water partition coefficient (Wildman–Crippen LogP) is 4.51. The van der Waals surface area contributed by atoms with Crippen molar-refractivity contribution in [1.82, 2.24) is 10.1 Å². The van der Waals surface area contributed by atoms with Gasteiger partial charge in [0.25, 0.3) is 11.6 Å². The molecule has 31 heavy (non-hydrogen) atoms. The van der Waals surface area contributed by atoms with Crippen LogP contribution in [0.15, 0.2) is 65.2 Å². The Morgan fingerprint density at radius 1 is 0.968 bits per heavy atom. The van der Waals surface area contributed by atoms with Crippen LogP contribution in [0.2, 0.25) is 0 Å². The lowest BCUT2D eigenvalue weighted by Crippen LogP contribution is -2.19. The lowest BCUT2D eigenvalue weighted by Gasteiger charge is -2.10. The average molecular weight is 413 g/mol. The third-order valence-corrected chi connectivity index (χ3v) is 5.14. The van der Waals surface area contributed by atoms with Crippen molar-refractivity contribution in [1.29, 1.82) is 0 Å². The van der Waals surface area contributed by atoms with Crippen LogP contribution in [0.3, 0.4) is 0 Å². The summed E-state index contributed by atoms with van der Waals surface area (Å²) >= 11 is 0. The minimum Gasteiger partial charge on any atom is -0.351 e. The van der Waals surface area contributed by atoms with E-state index in [0.29, 0.717) is 39.6 Å². The zero-order chi connectivity index (χ0) is 21.4. The molecule has 0 saturated heterocycles. The van der Waals surface area contributed by atoms with Crippen LogP contribution in [-0.4, -0.2) is 22.1 Å². The van der Waals surface area contributed by atoms with Gasteiger partial charge in [0, 0.05) is 28.6 Å². The van der Waals surface area contributed by atoms with Gasteiger partial charge in [0.2, 0.25) is 0 Å². The number of aromatic nitrogens is 2. The van der Waals surface area contributed by atoms with Gasteiger partial charge in [-0.05, 0) is 37.1 Å². The molecule has 0 spiro atoms. The number of primary amides is 1. The Bertz CT molecular complexity index is 1300. The van der Waals surface area contributed by atoms with Gasteiger partial charge in [-0.25, -0.2) is 9.78 Å². The Labute approximate surface area is 177 Å². The number of urea groups is 1. The fourth-order valence-corrected chi connectivity index (χ4v) is 3.55. The average Bonchev–Trinajstić information content (AvgIpc) is 3.52. The molecule has 2 heterocycles. The number of fused-ring (bicyclic) bond motifs is 1. The van der Waals surface area contributed by atoms with Gasteiger partial charge in [0.15, 0.2) is 0 Å². The smallest absolute Gasteiger partial charge is 0.316 e. The number of carbonyl (C=O) groups excluding carboxylic acids is 2. The highest BCUT2D eigenvalue weighted by Crippen LogP contribution is 2.41. The SMILES string of the molecule is NC(=O)Nc1cccc(NC(=O)c2cc(C3CC3)nc3onc(-c4ccccc4)c23)c1. The monoisotopic (exact) mass is 413 g/mol. The molecule has 1 saturated carbocycles. The Balaban J connectivity index is 1.57. The lowest BCUT2D eigenvalue weighted by molar-refractivity contribution is 0.102. The van der Waals surface area contributed by atoms with Crippen LogP contribution in [0.25, 0.3) is 22.4 Å². The Kier molecular flexibility index (Phi) is 4.59. The first-order valence-electron chi connectivity index (χ1n) is 9.92. The fraction of sp³-hybridized carbons (Fsp3) is 0.130. The molecule has 8 heteroatoms. The molecule has 0 unspecified atom stereocenters. The molecule has 8 nitrogen and oxygen atoms in total. The molecule has 0 atom stereocenters. The molecule has 4 N–H and O–H groups in total. The maximum atomic E-state index is 13.3. The van der Waals surface area contributed by atoms with E-state index in [0.717, 1.165) is 24.1 Å². The van der Waals surface area contributed by atoms with E-state index in [9.17, 15) is 9.59 Å². The van der Waals surface area contributed by atoms with E-state index >= 15 is 0 Å². The van der Waals surface area contributed by atoms with E-state index < -0.39 is 6.03 Å². The van der Waals surface area contributed by atoms with Crippen LogP contribution in [0, 0.1) is 0 Å². The number of hydrogen-bond donors (Lipinski definition) is 3. The molecule has 1 aliphatic carbocycles. The normalized spacial score (nSPS) is 13.2.